The van der Waals surface area contributed by atoms with Crippen molar-refractivity contribution >= 4 is 5.91 Å². The van der Waals surface area contributed by atoms with E-state index in [0.717, 1.165) is 31.4 Å². The zero-order valence-corrected chi connectivity index (χ0v) is 23.7. The van der Waals surface area contributed by atoms with Gasteiger partial charge in [0.25, 0.3) is 5.91 Å². The van der Waals surface area contributed by atoms with E-state index in [1.165, 1.54) is 32.5 Å². The Morgan fingerprint density at radius 2 is 1.42 bits per heavy atom. The molecule has 0 heterocycles. The highest BCUT2D eigenvalue weighted by Crippen LogP contribution is 2.39. The SMILES string of the molecule is CCC(C)(C)c1ccc(OCCCCNC(=O)c2cc(OC)c(OC)c(OC)c2)c(C(C)(C)CC)c1. The van der Waals surface area contributed by atoms with Crippen LogP contribution >= 0.6 is 0 Å². The molecule has 1 N–H and O–H groups in total. The highest BCUT2D eigenvalue weighted by molar-refractivity contribution is 5.95. The number of nitrogens with one attached hydrogen (secondary N) is 1. The van der Waals surface area contributed by atoms with Gasteiger partial charge < -0.3 is 24.3 Å². The van der Waals surface area contributed by atoms with Crippen LogP contribution in [0, 0.1) is 0 Å². The van der Waals surface area contributed by atoms with E-state index in [2.05, 4.69) is 65.1 Å². The minimum atomic E-state index is -0.184. The third-order valence-electron chi connectivity index (χ3n) is 7.30. The molecule has 0 aliphatic rings. The van der Waals surface area contributed by atoms with Gasteiger partial charge in [-0.25, -0.2) is 0 Å². The topological polar surface area (TPSA) is 66.0 Å². The second kappa shape index (κ2) is 12.9. The van der Waals surface area contributed by atoms with Crippen molar-refractivity contribution in [3.05, 3.63) is 47.0 Å². The maximum Gasteiger partial charge on any atom is 0.251 e. The van der Waals surface area contributed by atoms with Gasteiger partial charge in [0, 0.05) is 17.7 Å². The van der Waals surface area contributed by atoms with Gasteiger partial charge in [-0.2, -0.15) is 0 Å². The summed E-state index contributed by atoms with van der Waals surface area (Å²) >= 11 is 0. The molecule has 0 fully saturated rings. The first-order valence-corrected chi connectivity index (χ1v) is 12.9. The molecule has 0 aliphatic carbocycles. The van der Waals surface area contributed by atoms with Gasteiger partial charge in [0.1, 0.15) is 5.75 Å². The average molecular weight is 500 g/mol. The number of ether oxygens (including phenoxy) is 4. The third-order valence-corrected chi connectivity index (χ3v) is 7.30. The zero-order valence-electron chi connectivity index (χ0n) is 23.7. The Morgan fingerprint density at radius 1 is 0.806 bits per heavy atom. The summed E-state index contributed by atoms with van der Waals surface area (Å²) in [6.45, 7) is 14.7. The van der Waals surface area contributed by atoms with E-state index in [-0.39, 0.29) is 16.7 Å². The van der Waals surface area contributed by atoms with Crippen molar-refractivity contribution in [2.24, 2.45) is 0 Å². The van der Waals surface area contributed by atoms with Gasteiger partial charge in [0.2, 0.25) is 5.75 Å². The lowest BCUT2D eigenvalue weighted by Crippen LogP contribution is -2.25. The molecule has 2 aromatic rings. The smallest absolute Gasteiger partial charge is 0.251 e. The van der Waals surface area contributed by atoms with Crippen LogP contribution in [0.15, 0.2) is 30.3 Å². The Hall–Kier alpha value is -2.89. The number of benzene rings is 2. The van der Waals surface area contributed by atoms with Crippen LogP contribution in [0.25, 0.3) is 0 Å². The van der Waals surface area contributed by atoms with E-state index in [4.69, 9.17) is 18.9 Å². The van der Waals surface area contributed by atoms with Crippen LogP contribution in [0.1, 0.15) is 88.7 Å². The van der Waals surface area contributed by atoms with Crippen LogP contribution in [0.4, 0.5) is 0 Å². The zero-order chi connectivity index (χ0) is 26.9. The quantitative estimate of drug-likeness (QED) is 0.294. The van der Waals surface area contributed by atoms with Crippen LogP contribution in [0.2, 0.25) is 0 Å². The first-order valence-electron chi connectivity index (χ1n) is 12.9. The molecule has 0 aromatic heterocycles. The van der Waals surface area contributed by atoms with Gasteiger partial charge in [-0.15, -0.1) is 0 Å². The number of hydrogen-bond acceptors (Lipinski definition) is 5. The van der Waals surface area contributed by atoms with Gasteiger partial charge in [-0.05, 0) is 60.3 Å². The molecule has 0 spiro atoms. The van der Waals surface area contributed by atoms with Gasteiger partial charge in [-0.3, -0.25) is 4.79 Å². The Kier molecular flexibility index (Phi) is 10.5. The summed E-state index contributed by atoms with van der Waals surface area (Å²) in [6.07, 6.45) is 3.76. The molecule has 1 amide bonds. The lowest BCUT2D eigenvalue weighted by Gasteiger charge is -2.30. The number of hydrogen-bond donors (Lipinski definition) is 1. The average Bonchev–Trinajstić information content (AvgIpc) is 2.89. The second-order valence-corrected chi connectivity index (χ2v) is 10.4. The Labute approximate surface area is 217 Å². The van der Waals surface area contributed by atoms with Gasteiger partial charge >= 0.3 is 0 Å². The lowest BCUT2D eigenvalue weighted by atomic mass is 9.76. The second-order valence-electron chi connectivity index (χ2n) is 10.4. The molecule has 0 aliphatic heterocycles. The third kappa shape index (κ3) is 7.08. The molecule has 6 heteroatoms. The molecule has 0 atom stereocenters. The van der Waals surface area contributed by atoms with Gasteiger partial charge in [-0.1, -0.05) is 53.7 Å². The lowest BCUT2D eigenvalue weighted by molar-refractivity contribution is 0.0951. The van der Waals surface area contributed by atoms with Crippen molar-refractivity contribution in [1.82, 2.24) is 5.32 Å². The Morgan fingerprint density at radius 3 is 1.94 bits per heavy atom. The van der Waals surface area contributed by atoms with E-state index in [9.17, 15) is 4.79 Å². The molecule has 2 rings (SSSR count). The predicted molar refractivity (Wildman–Crippen MR) is 146 cm³/mol. The fourth-order valence-electron chi connectivity index (χ4n) is 3.93. The molecule has 2 aromatic carbocycles. The molecular weight excluding hydrogens is 454 g/mol. The van der Waals surface area contributed by atoms with Gasteiger partial charge in [0.15, 0.2) is 11.5 Å². The molecule has 200 valence electrons. The van der Waals surface area contributed by atoms with Crippen molar-refractivity contribution in [2.45, 2.75) is 78.1 Å². The van der Waals surface area contributed by atoms with Crippen molar-refractivity contribution in [1.29, 1.82) is 0 Å². The number of rotatable bonds is 14. The molecule has 0 saturated heterocycles. The van der Waals surface area contributed by atoms with E-state index in [0.29, 0.717) is 36.0 Å². The van der Waals surface area contributed by atoms with Crippen molar-refractivity contribution in [3.8, 4) is 23.0 Å². The first-order chi connectivity index (χ1) is 17.0. The van der Waals surface area contributed by atoms with Crippen molar-refractivity contribution in [2.75, 3.05) is 34.5 Å². The summed E-state index contributed by atoms with van der Waals surface area (Å²) in [5.74, 6) is 2.14. The van der Waals surface area contributed by atoms with E-state index >= 15 is 0 Å². The van der Waals surface area contributed by atoms with E-state index < -0.39 is 0 Å². The summed E-state index contributed by atoms with van der Waals surface area (Å²) in [5.41, 5.74) is 3.24. The molecule has 0 bridgehead atoms. The van der Waals surface area contributed by atoms with Crippen molar-refractivity contribution < 1.29 is 23.7 Å². The van der Waals surface area contributed by atoms with Crippen LogP contribution in [0.5, 0.6) is 23.0 Å². The summed E-state index contributed by atoms with van der Waals surface area (Å²) in [7, 11) is 4.60. The molecule has 0 radical (unpaired) electrons. The van der Waals surface area contributed by atoms with Gasteiger partial charge in [0.05, 0.1) is 27.9 Å². The molecule has 6 nitrogen and oxygen atoms in total. The number of carbonyl (C=O) groups excluding carboxylic acids is 1. The first kappa shape index (κ1) is 29.3. The molecule has 0 saturated carbocycles. The highest BCUT2D eigenvalue weighted by atomic mass is 16.5. The maximum absolute atomic E-state index is 12.7. The fraction of sp³-hybridized carbons (Fsp3) is 0.567. The molecule has 0 unspecified atom stereocenters. The maximum atomic E-state index is 12.7. The van der Waals surface area contributed by atoms with Crippen LogP contribution in [0.3, 0.4) is 0 Å². The minimum absolute atomic E-state index is 0.0314. The molecular formula is C30H45NO5. The number of amides is 1. The number of methoxy groups -OCH3 is 3. The van der Waals surface area contributed by atoms with Crippen molar-refractivity contribution in [3.63, 3.8) is 0 Å². The van der Waals surface area contributed by atoms with Crippen LogP contribution in [-0.2, 0) is 10.8 Å². The van der Waals surface area contributed by atoms with Crippen LogP contribution < -0.4 is 24.3 Å². The standard InChI is InChI=1S/C30H45NO5/c1-10-29(3,4)22-14-15-24(23(20-22)30(5,6)11-2)36-17-13-12-16-31-28(32)21-18-25(33-7)27(35-9)26(19-21)34-8/h14-15,18-20H,10-13,16-17H2,1-9H3,(H,31,32). The monoisotopic (exact) mass is 499 g/mol. The summed E-state index contributed by atoms with van der Waals surface area (Å²) in [5, 5.41) is 2.97. The van der Waals surface area contributed by atoms with E-state index in [1.807, 2.05) is 0 Å². The largest absolute Gasteiger partial charge is 0.493 e. The predicted octanol–water partition coefficient (Wildman–Crippen LogP) is 6.68. The minimum Gasteiger partial charge on any atom is -0.493 e. The summed E-state index contributed by atoms with van der Waals surface area (Å²) in [6, 6.07) is 9.97. The Balaban J connectivity index is 1.96. The van der Waals surface area contributed by atoms with Crippen LogP contribution in [-0.4, -0.2) is 40.4 Å². The number of carbonyl (C=O) groups is 1. The number of unbranched alkanes of at least 4 members (excludes halogenated alkanes) is 1. The Bertz CT molecular complexity index is 987. The van der Waals surface area contributed by atoms with E-state index in [1.54, 1.807) is 12.1 Å². The summed E-state index contributed by atoms with van der Waals surface area (Å²) in [4.78, 5) is 12.7. The summed E-state index contributed by atoms with van der Waals surface area (Å²) < 4.78 is 22.3. The highest BCUT2D eigenvalue weighted by Gasteiger charge is 2.26. The fourth-order valence-corrected chi connectivity index (χ4v) is 3.93. The normalized spacial score (nSPS) is 11.7. The molecule has 36 heavy (non-hydrogen) atoms.